The monoisotopic (exact) mass is 398 g/mol. The van der Waals surface area contributed by atoms with E-state index in [1.807, 2.05) is 7.05 Å². The molecule has 8 nitrogen and oxygen atoms in total. The van der Waals surface area contributed by atoms with E-state index in [0.29, 0.717) is 22.7 Å². The number of anilines is 1. The molecule has 1 aromatic heterocycles. The van der Waals surface area contributed by atoms with Gasteiger partial charge in [0, 0.05) is 37.0 Å². The number of carboxylic acid groups (broad SMARTS) is 1. The molecule has 0 bridgehead atoms. The number of amides is 2. The standard InChI is InChI=1S/C21H26N4O4/c1-25-13-17(19(24-25)14-5-3-2-4-6-14)21(29)23-16-9-7-15(8-10-16)20(28)22-12-11-18(26)27/h7-10,13-14H,2-6,11-12H2,1H3,(H,22,28)(H,23,29)(H,26,27). The first kappa shape index (κ1) is 20.6. The van der Waals surface area contributed by atoms with Gasteiger partial charge in [-0.2, -0.15) is 5.10 Å². The van der Waals surface area contributed by atoms with Gasteiger partial charge in [-0.1, -0.05) is 19.3 Å². The van der Waals surface area contributed by atoms with Gasteiger partial charge in [0.2, 0.25) is 0 Å². The van der Waals surface area contributed by atoms with E-state index < -0.39 is 5.97 Å². The minimum atomic E-state index is -0.966. The molecule has 2 aromatic rings. The molecule has 0 atom stereocenters. The molecule has 3 rings (SSSR count). The lowest BCUT2D eigenvalue weighted by Gasteiger charge is -2.20. The van der Waals surface area contributed by atoms with Crippen molar-refractivity contribution >= 4 is 23.5 Å². The third-order valence-corrected chi connectivity index (χ3v) is 5.12. The number of carboxylic acids is 1. The van der Waals surface area contributed by atoms with Crippen molar-refractivity contribution in [3.63, 3.8) is 0 Å². The van der Waals surface area contributed by atoms with Crippen LogP contribution in [0.5, 0.6) is 0 Å². The molecule has 1 aliphatic carbocycles. The molecule has 1 fully saturated rings. The molecule has 154 valence electrons. The van der Waals surface area contributed by atoms with Crippen LogP contribution in [0.3, 0.4) is 0 Å². The first-order valence-electron chi connectivity index (χ1n) is 9.89. The maximum absolute atomic E-state index is 12.8. The second-order valence-corrected chi connectivity index (χ2v) is 7.37. The van der Waals surface area contributed by atoms with Gasteiger partial charge < -0.3 is 15.7 Å². The van der Waals surface area contributed by atoms with Gasteiger partial charge in [0.15, 0.2) is 0 Å². The first-order valence-corrected chi connectivity index (χ1v) is 9.89. The summed E-state index contributed by atoms with van der Waals surface area (Å²) in [4.78, 5) is 35.3. The molecule has 1 saturated carbocycles. The van der Waals surface area contributed by atoms with E-state index in [-0.39, 0.29) is 24.8 Å². The fourth-order valence-corrected chi connectivity index (χ4v) is 3.65. The number of carbonyl (C=O) groups excluding carboxylic acids is 2. The smallest absolute Gasteiger partial charge is 0.305 e. The number of rotatable bonds is 7. The Hall–Kier alpha value is -3.16. The minimum absolute atomic E-state index is 0.0671. The van der Waals surface area contributed by atoms with Crippen molar-refractivity contribution in [2.45, 2.75) is 44.4 Å². The summed E-state index contributed by atoms with van der Waals surface area (Å²) in [6, 6.07) is 6.50. The van der Waals surface area contributed by atoms with Gasteiger partial charge in [-0.15, -0.1) is 0 Å². The van der Waals surface area contributed by atoms with Crippen molar-refractivity contribution in [3.8, 4) is 0 Å². The Morgan fingerprint density at radius 3 is 2.45 bits per heavy atom. The van der Waals surface area contributed by atoms with Crippen LogP contribution in [-0.4, -0.2) is 39.2 Å². The van der Waals surface area contributed by atoms with Gasteiger partial charge in [0.25, 0.3) is 11.8 Å². The molecule has 0 unspecified atom stereocenters. The van der Waals surface area contributed by atoms with Crippen LogP contribution in [0.2, 0.25) is 0 Å². The van der Waals surface area contributed by atoms with Crippen molar-refractivity contribution in [1.82, 2.24) is 15.1 Å². The average Bonchev–Trinajstić information content (AvgIpc) is 3.11. The average molecular weight is 398 g/mol. The zero-order chi connectivity index (χ0) is 20.8. The number of aromatic nitrogens is 2. The summed E-state index contributed by atoms with van der Waals surface area (Å²) >= 11 is 0. The largest absolute Gasteiger partial charge is 0.481 e. The first-order chi connectivity index (χ1) is 13.9. The third kappa shape index (κ3) is 5.43. The van der Waals surface area contributed by atoms with Crippen molar-refractivity contribution < 1.29 is 19.5 Å². The van der Waals surface area contributed by atoms with Crippen LogP contribution in [-0.2, 0) is 11.8 Å². The Kier molecular flexibility index (Phi) is 6.64. The summed E-state index contributed by atoms with van der Waals surface area (Å²) in [5.41, 5.74) is 2.43. The van der Waals surface area contributed by atoms with Crippen LogP contribution in [0.1, 0.15) is 70.9 Å². The van der Waals surface area contributed by atoms with Gasteiger partial charge >= 0.3 is 5.97 Å². The quantitative estimate of drug-likeness (QED) is 0.664. The van der Waals surface area contributed by atoms with Crippen LogP contribution in [0.4, 0.5) is 5.69 Å². The number of aryl methyl sites for hydroxylation is 1. The lowest BCUT2D eigenvalue weighted by molar-refractivity contribution is -0.136. The molecular weight excluding hydrogens is 372 g/mol. The number of benzene rings is 1. The molecule has 1 aromatic carbocycles. The van der Waals surface area contributed by atoms with Crippen LogP contribution >= 0.6 is 0 Å². The van der Waals surface area contributed by atoms with E-state index >= 15 is 0 Å². The van der Waals surface area contributed by atoms with Gasteiger partial charge in [-0.05, 0) is 37.1 Å². The minimum Gasteiger partial charge on any atom is -0.481 e. The van der Waals surface area contributed by atoms with Crippen molar-refractivity contribution in [2.75, 3.05) is 11.9 Å². The van der Waals surface area contributed by atoms with Crippen molar-refractivity contribution in [3.05, 3.63) is 47.3 Å². The summed E-state index contributed by atoms with van der Waals surface area (Å²) in [7, 11) is 1.82. The highest BCUT2D eigenvalue weighted by Gasteiger charge is 2.25. The maximum Gasteiger partial charge on any atom is 0.305 e. The van der Waals surface area contributed by atoms with Gasteiger partial charge in [0.1, 0.15) is 0 Å². The molecule has 29 heavy (non-hydrogen) atoms. The number of aliphatic carboxylic acids is 1. The number of carbonyl (C=O) groups is 3. The zero-order valence-electron chi connectivity index (χ0n) is 16.5. The lowest BCUT2D eigenvalue weighted by Crippen LogP contribution is -2.25. The number of nitrogens with one attached hydrogen (secondary N) is 2. The summed E-state index contributed by atoms with van der Waals surface area (Å²) in [5, 5.41) is 18.6. The molecule has 0 radical (unpaired) electrons. The number of hydrogen-bond donors (Lipinski definition) is 3. The SMILES string of the molecule is Cn1cc(C(=O)Nc2ccc(C(=O)NCCC(=O)O)cc2)c(C2CCCCC2)n1. The second kappa shape index (κ2) is 9.36. The molecule has 1 aliphatic rings. The van der Waals surface area contributed by atoms with Crippen LogP contribution in [0.25, 0.3) is 0 Å². The highest BCUT2D eigenvalue weighted by molar-refractivity contribution is 6.05. The maximum atomic E-state index is 12.8. The normalized spacial score (nSPS) is 14.4. The molecule has 8 heteroatoms. The second-order valence-electron chi connectivity index (χ2n) is 7.37. The van der Waals surface area contributed by atoms with E-state index in [1.54, 1.807) is 35.1 Å². The number of hydrogen-bond acceptors (Lipinski definition) is 4. The van der Waals surface area contributed by atoms with E-state index in [9.17, 15) is 14.4 Å². The molecule has 0 aliphatic heterocycles. The van der Waals surface area contributed by atoms with Crippen molar-refractivity contribution in [2.24, 2.45) is 7.05 Å². The topological polar surface area (TPSA) is 113 Å². The Bertz CT molecular complexity index is 883. The fraction of sp³-hybridized carbons (Fsp3) is 0.429. The van der Waals surface area contributed by atoms with Crippen molar-refractivity contribution in [1.29, 1.82) is 0 Å². The van der Waals surface area contributed by atoms with Gasteiger partial charge in [-0.25, -0.2) is 0 Å². The summed E-state index contributed by atoms with van der Waals surface area (Å²) < 4.78 is 1.68. The predicted octanol–water partition coefficient (Wildman–Crippen LogP) is 2.92. The van der Waals surface area contributed by atoms with E-state index in [2.05, 4.69) is 15.7 Å². The number of nitrogens with zero attached hydrogens (tertiary/aromatic N) is 2. The van der Waals surface area contributed by atoms with E-state index in [4.69, 9.17) is 5.11 Å². The Morgan fingerprint density at radius 2 is 1.79 bits per heavy atom. The molecule has 1 heterocycles. The van der Waals surface area contributed by atoms with E-state index in [0.717, 1.165) is 31.4 Å². The van der Waals surface area contributed by atoms with Crippen LogP contribution in [0, 0.1) is 0 Å². The molecule has 2 amide bonds. The lowest BCUT2D eigenvalue weighted by atomic mass is 9.85. The Labute approximate surface area is 169 Å². The van der Waals surface area contributed by atoms with Gasteiger partial charge in [-0.3, -0.25) is 19.1 Å². The summed E-state index contributed by atoms with van der Waals surface area (Å²) in [6.45, 7) is 0.0671. The predicted molar refractivity (Wildman–Crippen MR) is 108 cm³/mol. The third-order valence-electron chi connectivity index (χ3n) is 5.12. The van der Waals surface area contributed by atoms with Crippen LogP contribution in [0.15, 0.2) is 30.5 Å². The highest BCUT2D eigenvalue weighted by atomic mass is 16.4. The molecule has 0 spiro atoms. The Balaban J connectivity index is 1.64. The summed E-state index contributed by atoms with van der Waals surface area (Å²) in [5.74, 6) is -1.21. The molecule has 3 N–H and O–H groups in total. The molecular formula is C21H26N4O4. The zero-order valence-corrected chi connectivity index (χ0v) is 16.5. The summed E-state index contributed by atoms with van der Waals surface area (Å²) in [6.07, 6.45) is 7.31. The van der Waals surface area contributed by atoms with Crippen LogP contribution < -0.4 is 10.6 Å². The Morgan fingerprint density at radius 1 is 1.10 bits per heavy atom. The molecule has 0 saturated heterocycles. The van der Waals surface area contributed by atoms with Gasteiger partial charge in [0.05, 0.1) is 17.7 Å². The highest BCUT2D eigenvalue weighted by Crippen LogP contribution is 2.33. The van der Waals surface area contributed by atoms with E-state index in [1.165, 1.54) is 6.42 Å². The fourth-order valence-electron chi connectivity index (χ4n) is 3.65.